The van der Waals surface area contributed by atoms with Crippen LogP contribution in [0.3, 0.4) is 0 Å². The van der Waals surface area contributed by atoms with Gasteiger partial charge in [-0.1, -0.05) is 54.6 Å². The van der Waals surface area contributed by atoms with E-state index in [4.69, 9.17) is 9.47 Å². The van der Waals surface area contributed by atoms with E-state index < -0.39 is 6.10 Å². The van der Waals surface area contributed by atoms with E-state index in [-0.39, 0.29) is 5.91 Å². The van der Waals surface area contributed by atoms with Gasteiger partial charge in [0.1, 0.15) is 18.1 Å². The first-order chi connectivity index (χ1) is 12.7. The standard InChI is InChI=1S/C22H21NO3/c1-17(26-20-12-6-3-7-13-20)22(24)23-19-11-8-14-21(15-19)25-16-18-9-4-2-5-10-18/h2-15,17H,16H2,1H3,(H,23,24). The molecular formula is C22H21NO3. The first kappa shape index (κ1) is 17.5. The summed E-state index contributed by atoms with van der Waals surface area (Å²) in [7, 11) is 0. The molecular weight excluding hydrogens is 326 g/mol. The summed E-state index contributed by atoms with van der Waals surface area (Å²) in [4.78, 5) is 12.3. The number of anilines is 1. The van der Waals surface area contributed by atoms with Gasteiger partial charge in [0, 0.05) is 11.8 Å². The molecule has 4 nitrogen and oxygen atoms in total. The van der Waals surface area contributed by atoms with E-state index in [1.54, 1.807) is 13.0 Å². The lowest BCUT2D eigenvalue weighted by Gasteiger charge is -2.15. The summed E-state index contributed by atoms with van der Waals surface area (Å²) < 4.78 is 11.4. The highest BCUT2D eigenvalue weighted by Gasteiger charge is 2.15. The number of nitrogens with one attached hydrogen (secondary N) is 1. The Hall–Kier alpha value is -3.27. The number of amides is 1. The second kappa shape index (κ2) is 8.72. The van der Waals surface area contributed by atoms with E-state index in [1.165, 1.54) is 0 Å². The van der Waals surface area contributed by atoms with Gasteiger partial charge in [0.15, 0.2) is 6.10 Å². The molecule has 0 saturated heterocycles. The molecule has 0 fully saturated rings. The van der Waals surface area contributed by atoms with Crippen LogP contribution in [0.2, 0.25) is 0 Å². The molecule has 3 aromatic carbocycles. The van der Waals surface area contributed by atoms with Gasteiger partial charge in [0.2, 0.25) is 0 Å². The molecule has 0 aliphatic heterocycles. The quantitative estimate of drug-likeness (QED) is 0.675. The summed E-state index contributed by atoms with van der Waals surface area (Å²) >= 11 is 0. The molecule has 0 aromatic heterocycles. The molecule has 0 radical (unpaired) electrons. The van der Waals surface area contributed by atoms with E-state index in [9.17, 15) is 4.79 Å². The van der Waals surface area contributed by atoms with E-state index in [0.717, 1.165) is 5.56 Å². The molecule has 0 heterocycles. The normalized spacial score (nSPS) is 11.4. The molecule has 0 aliphatic carbocycles. The fraction of sp³-hybridized carbons (Fsp3) is 0.136. The minimum Gasteiger partial charge on any atom is -0.489 e. The monoisotopic (exact) mass is 347 g/mol. The Labute approximate surface area is 153 Å². The maximum atomic E-state index is 12.3. The maximum absolute atomic E-state index is 12.3. The molecule has 132 valence electrons. The molecule has 0 spiro atoms. The third kappa shape index (κ3) is 5.11. The van der Waals surface area contributed by atoms with Crippen LogP contribution in [-0.4, -0.2) is 12.0 Å². The molecule has 0 bridgehead atoms. The molecule has 1 atom stereocenters. The zero-order chi connectivity index (χ0) is 18.2. The number of carbonyl (C=O) groups is 1. The zero-order valence-corrected chi connectivity index (χ0v) is 14.6. The summed E-state index contributed by atoms with van der Waals surface area (Å²) in [5.74, 6) is 1.15. The molecule has 1 N–H and O–H groups in total. The van der Waals surface area contributed by atoms with Gasteiger partial charge >= 0.3 is 0 Å². The van der Waals surface area contributed by atoms with Crippen molar-refractivity contribution in [1.82, 2.24) is 0 Å². The van der Waals surface area contributed by atoms with Crippen molar-refractivity contribution in [2.75, 3.05) is 5.32 Å². The van der Waals surface area contributed by atoms with Gasteiger partial charge in [-0.15, -0.1) is 0 Å². The van der Waals surface area contributed by atoms with Crippen LogP contribution in [0.25, 0.3) is 0 Å². The SMILES string of the molecule is CC(Oc1ccccc1)C(=O)Nc1cccc(OCc2ccccc2)c1. The molecule has 0 saturated carbocycles. The highest BCUT2D eigenvalue weighted by Crippen LogP contribution is 2.19. The Balaban J connectivity index is 1.56. The van der Waals surface area contributed by atoms with Crippen molar-refractivity contribution >= 4 is 11.6 Å². The Bertz CT molecular complexity index is 834. The van der Waals surface area contributed by atoms with E-state index >= 15 is 0 Å². The van der Waals surface area contributed by atoms with Crippen molar-refractivity contribution in [3.63, 3.8) is 0 Å². The lowest BCUT2D eigenvalue weighted by molar-refractivity contribution is -0.122. The average Bonchev–Trinajstić information content (AvgIpc) is 2.68. The first-order valence-electron chi connectivity index (χ1n) is 8.50. The van der Waals surface area contributed by atoms with Crippen LogP contribution in [-0.2, 0) is 11.4 Å². The molecule has 4 heteroatoms. The minimum atomic E-state index is -0.605. The fourth-order valence-electron chi connectivity index (χ4n) is 2.41. The smallest absolute Gasteiger partial charge is 0.265 e. The number of para-hydroxylation sites is 1. The molecule has 26 heavy (non-hydrogen) atoms. The van der Waals surface area contributed by atoms with Crippen LogP contribution >= 0.6 is 0 Å². The Morgan fingerprint density at radius 2 is 1.54 bits per heavy atom. The van der Waals surface area contributed by atoms with E-state index in [2.05, 4.69) is 5.32 Å². The summed E-state index contributed by atoms with van der Waals surface area (Å²) in [5.41, 5.74) is 1.76. The number of ether oxygens (including phenoxy) is 2. The first-order valence-corrected chi connectivity index (χ1v) is 8.50. The van der Waals surface area contributed by atoms with Gasteiger partial charge in [0.25, 0.3) is 5.91 Å². The van der Waals surface area contributed by atoms with Gasteiger partial charge in [-0.25, -0.2) is 0 Å². The number of benzene rings is 3. The zero-order valence-electron chi connectivity index (χ0n) is 14.6. The molecule has 3 rings (SSSR count). The summed E-state index contributed by atoms with van der Waals surface area (Å²) in [6.07, 6.45) is -0.605. The lowest BCUT2D eigenvalue weighted by atomic mass is 10.2. The van der Waals surface area contributed by atoms with Gasteiger partial charge in [-0.05, 0) is 36.8 Å². The third-order valence-corrected chi connectivity index (χ3v) is 3.78. The van der Waals surface area contributed by atoms with Crippen molar-refractivity contribution < 1.29 is 14.3 Å². The van der Waals surface area contributed by atoms with Gasteiger partial charge in [-0.3, -0.25) is 4.79 Å². The van der Waals surface area contributed by atoms with Crippen LogP contribution in [0.1, 0.15) is 12.5 Å². The molecule has 3 aromatic rings. The number of hydrogen-bond donors (Lipinski definition) is 1. The topological polar surface area (TPSA) is 47.6 Å². The highest BCUT2D eigenvalue weighted by molar-refractivity contribution is 5.94. The number of rotatable bonds is 7. The fourth-order valence-corrected chi connectivity index (χ4v) is 2.41. The van der Waals surface area contributed by atoms with Crippen LogP contribution in [0.5, 0.6) is 11.5 Å². The number of carbonyl (C=O) groups excluding carboxylic acids is 1. The summed E-state index contributed by atoms with van der Waals surface area (Å²) in [6, 6.07) is 26.6. The Kier molecular flexibility index (Phi) is 5.88. The van der Waals surface area contributed by atoms with Crippen LogP contribution in [0, 0.1) is 0 Å². The third-order valence-electron chi connectivity index (χ3n) is 3.78. The summed E-state index contributed by atoms with van der Waals surface area (Å²) in [5, 5.41) is 2.86. The highest BCUT2D eigenvalue weighted by atomic mass is 16.5. The molecule has 0 aliphatic rings. The van der Waals surface area contributed by atoms with Crippen molar-refractivity contribution in [3.8, 4) is 11.5 Å². The van der Waals surface area contributed by atoms with Crippen molar-refractivity contribution in [2.45, 2.75) is 19.6 Å². The van der Waals surface area contributed by atoms with Crippen LogP contribution in [0.15, 0.2) is 84.9 Å². The van der Waals surface area contributed by atoms with Gasteiger partial charge < -0.3 is 14.8 Å². The average molecular weight is 347 g/mol. The minimum absolute atomic E-state index is 0.214. The van der Waals surface area contributed by atoms with E-state index in [0.29, 0.717) is 23.8 Å². The Morgan fingerprint density at radius 3 is 2.27 bits per heavy atom. The largest absolute Gasteiger partial charge is 0.489 e. The van der Waals surface area contributed by atoms with E-state index in [1.807, 2.05) is 78.9 Å². The van der Waals surface area contributed by atoms with Gasteiger partial charge in [-0.2, -0.15) is 0 Å². The lowest BCUT2D eigenvalue weighted by Crippen LogP contribution is -2.30. The van der Waals surface area contributed by atoms with Crippen molar-refractivity contribution in [2.24, 2.45) is 0 Å². The molecule has 1 amide bonds. The predicted molar refractivity (Wildman–Crippen MR) is 102 cm³/mol. The van der Waals surface area contributed by atoms with Crippen LogP contribution in [0.4, 0.5) is 5.69 Å². The summed E-state index contributed by atoms with van der Waals surface area (Å²) in [6.45, 7) is 2.20. The van der Waals surface area contributed by atoms with Crippen molar-refractivity contribution in [1.29, 1.82) is 0 Å². The molecule has 1 unspecified atom stereocenters. The van der Waals surface area contributed by atoms with Gasteiger partial charge in [0.05, 0.1) is 0 Å². The predicted octanol–water partition coefficient (Wildman–Crippen LogP) is 4.67. The number of hydrogen-bond acceptors (Lipinski definition) is 3. The maximum Gasteiger partial charge on any atom is 0.265 e. The second-order valence-electron chi connectivity index (χ2n) is 5.86. The Morgan fingerprint density at radius 1 is 0.885 bits per heavy atom. The van der Waals surface area contributed by atoms with Crippen LogP contribution < -0.4 is 14.8 Å². The van der Waals surface area contributed by atoms with Crippen molar-refractivity contribution in [3.05, 3.63) is 90.5 Å². The second-order valence-corrected chi connectivity index (χ2v) is 5.86.